The Kier molecular flexibility index (Phi) is 8.73. The van der Waals surface area contributed by atoms with E-state index in [9.17, 15) is 102 Å². The van der Waals surface area contributed by atoms with Gasteiger partial charge in [-0.2, -0.15) is 92.2 Å². The van der Waals surface area contributed by atoms with Crippen molar-refractivity contribution in [2.75, 3.05) is 0 Å². The summed E-state index contributed by atoms with van der Waals surface area (Å²) in [5, 5.41) is 8.04. The van der Waals surface area contributed by atoms with Crippen LogP contribution in [0.25, 0.3) is 0 Å². The average Bonchev–Trinajstić information content (AvgIpc) is 2.69. The minimum Gasteiger partial charge on any atom is -0.478 e. The quantitative estimate of drug-likeness (QED) is 0.172. The molecule has 1 atom stereocenters. The number of hydrogen-bond acceptors (Lipinski definition) is 3. The van der Waals surface area contributed by atoms with E-state index in [0.717, 1.165) is 0 Å². The molecular formula is C14H3F21O4. The van der Waals surface area contributed by atoms with Gasteiger partial charge >= 0.3 is 71.6 Å². The van der Waals surface area contributed by atoms with Gasteiger partial charge in [0.1, 0.15) is 0 Å². The highest BCUT2D eigenvalue weighted by molar-refractivity contribution is 5.90. The minimum absolute atomic E-state index is 0.734. The highest BCUT2D eigenvalue weighted by Crippen LogP contribution is 2.66. The first kappa shape index (κ1) is 36.2. The van der Waals surface area contributed by atoms with Gasteiger partial charge in [0.15, 0.2) is 0 Å². The number of carboxylic acids is 1. The maximum Gasteiger partial charge on any atom is 0.467 e. The van der Waals surface area contributed by atoms with E-state index < -0.39 is 83.8 Å². The first-order valence-electron chi connectivity index (χ1n) is 8.17. The molecule has 0 spiro atoms. The Morgan fingerprint density at radius 2 is 0.718 bits per heavy atom. The van der Waals surface area contributed by atoms with E-state index in [1.54, 1.807) is 0 Å². The highest BCUT2D eigenvalue weighted by atomic mass is 19.4. The van der Waals surface area contributed by atoms with Gasteiger partial charge in [0.05, 0.1) is 0 Å². The molecule has 0 aromatic carbocycles. The number of carboxylic acid groups (broad SMARTS) is 1. The number of aliphatic carboxylic acids is 1. The predicted molar refractivity (Wildman–Crippen MR) is 73.4 cm³/mol. The van der Waals surface area contributed by atoms with E-state index in [1.165, 1.54) is 0 Å². The standard InChI is InChI=1S/C14H3F21O4/c15-5(16,7(19,20)9(23,24)11(27,28)13(30,31)32)6(17,18)8(21,22)10(25,26)12(29,14(33,34)35)39-4(38)2-1-3(36)37/h1-2H,(H,36,37)/b2-1+. The second-order valence-electron chi connectivity index (χ2n) is 6.70. The largest absolute Gasteiger partial charge is 0.478 e. The third-order valence-electron chi connectivity index (χ3n) is 4.09. The molecule has 0 amide bonds. The van der Waals surface area contributed by atoms with E-state index >= 15 is 0 Å². The van der Waals surface area contributed by atoms with Crippen LogP contribution in [0, 0.1) is 0 Å². The Morgan fingerprint density at radius 1 is 0.436 bits per heavy atom. The van der Waals surface area contributed by atoms with E-state index in [4.69, 9.17) is 5.11 Å². The molecule has 1 N–H and O–H groups in total. The normalized spacial score (nSPS) is 17.3. The third-order valence-corrected chi connectivity index (χ3v) is 4.09. The topological polar surface area (TPSA) is 63.6 Å². The number of esters is 1. The molecule has 0 aromatic rings. The summed E-state index contributed by atoms with van der Waals surface area (Å²) in [6, 6.07) is 0. The van der Waals surface area contributed by atoms with Crippen molar-refractivity contribution in [3.8, 4) is 0 Å². The van der Waals surface area contributed by atoms with Crippen LogP contribution in [-0.4, -0.2) is 76.7 Å². The van der Waals surface area contributed by atoms with E-state index in [0.29, 0.717) is 0 Å². The Labute approximate surface area is 197 Å². The molecule has 25 heteroatoms. The SMILES string of the molecule is O=C(O)/C=C/C(=O)OC(F)(C(F)(F)F)C(F)(F)C(F)(F)C(F)(F)C(F)(F)C(F)(F)C(F)(F)C(F)(F)C(F)(F)F. The molecule has 0 aromatic heterocycles. The summed E-state index contributed by atoms with van der Waals surface area (Å²) in [5.74, 6) is -77.4. The molecule has 0 heterocycles. The van der Waals surface area contributed by atoms with Gasteiger partial charge in [-0.3, -0.25) is 0 Å². The second-order valence-corrected chi connectivity index (χ2v) is 6.70. The second kappa shape index (κ2) is 9.40. The van der Waals surface area contributed by atoms with Crippen LogP contribution in [0.2, 0.25) is 0 Å². The van der Waals surface area contributed by atoms with E-state index in [-0.39, 0.29) is 0 Å². The van der Waals surface area contributed by atoms with Gasteiger partial charge in [-0.25, -0.2) is 9.59 Å². The van der Waals surface area contributed by atoms with Crippen molar-refractivity contribution in [1.29, 1.82) is 0 Å². The van der Waals surface area contributed by atoms with Gasteiger partial charge in [-0.1, -0.05) is 0 Å². The van der Waals surface area contributed by atoms with Crippen molar-refractivity contribution in [3.05, 3.63) is 12.2 Å². The molecular weight excluding hydrogens is 631 g/mol. The molecule has 230 valence electrons. The summed E-state index contributed by atoms with van der Waals surface area (Å²) in [6.07, 6.45) is -17.9. The lowest BCUT2D eigenvalue weighted by atomic mass is 9.87. The molecule has 4 nitrogen and oxygen atoms in total. The number of hydrogen-bond donors (Lipinski definition) is 1. The van der Waals surface area contributed by atoms with Gasteiger partial charge < -0.3 is 9.84 Å². The Hall–Kier alpha value is -2.79. The van der Waals surface area contributed by atoms with E-state index in [1.807, 2.05) is 0 Å². The fourth-order valence-corrected chi connectivity index (χ4v) is 1.98. The van der Waals surface area contributed by atoms with Crippen LogP contribution < -0.4 is 0 Å². The number of halogens is 21. The number of rotatable bonds is 10. The van der Waals surface area contributed by atoms with Crippen LogP contribution >= 0.6 is 0 Å². The molecule has 39 heavy (non-hydrogen) atoms. The molecule has 0 saturated carbocycles. The summed E-state index contributed by atoms with van der Waals surface area (Å²) in [6.45, 7) is 0. The van der Waals surface area contributed by atoms with Crippen molar-refractivity contribution >= 4 is 11.9 Å². The van der Waals surface area contributed by atoms with Crippen LogP contribution in [0.4, 0.5) is 92.2 Å². The average molecular weight is 634 g/mol. The number of ether oxygens (including phenoxy) is 1. The zero-order chi connectivity index (χ0) is 32.3. The molecule has 0 bridgehead atoms. The number of alkyl halides is 21. The molecule has 0 fully saturated rings. The number of carbonyl (C=O) groups excluding carboxylic acids is 1. The zero-order valence-corrected chi connectivity index (χ0v) is 16.8. The summed E-state index contributed by atoms with van der Waals surface area (Å²) >= 11 is 0. The van der Waals surface area contributed by atoms with Gasteiger partial charge in [0.25, 0.3) is 0 Å². The molecule has 0 aliphatic rings. The van der Waals surface area contributed by atoms with Crippen LogP contribution in [-0.2, 0) is 14.3 Å². The van der Waals surface area contributed by atoms with Gasteiger partial charge in [-0.05, 0) is 0 Å². The Balaban J connectivity index is 7.24. The predicted octanol–water partition coefficient (Wildman–Crippen LogP) is 6.41. The van der Waals surface area contributed by atoms with Crippen LogP contribution in [0.5, 0.6) is 0 Å². The molecule has 0 aliphatic heterocycles. The summed E-state index contributed by atoms with van der Waals surface area (Å²) < 4.78 is 278. The van der Waals surface area contributed by atoms with Gasteiger partial charge in [0, 0.05) is 12.2 Å². The highest BCUT2D eigenvalue weighted by Gasteiger charge is 2.98. The number of carbonyl (C=O) groups is 2. The lowest BCUT2D eigenvalue weighted by Gasteiger charge is -2.44. The van der Waals surface area contributed by atoms with Crippen LogP contribution in [0.3, 0.4) is 0 Å². The fraction of sp³-hybridized carbons (Fsp3) is 0.714. The third kappa shape index (κ3) is 4.99. The summed E-state index contributed by atoms with van der Waals surface area (Å²) in [7, 11) is 0. The van der Waals surface area contributed by atoms with Crippen molar-refractivity contribution in [2.45, 2.75) is 59.7 Å². The van der Waals surface area contributed by atoms with Gasteiger partial charge in [-0.15, -0.1) is 0 Å². The minimum atomic E-state index is -9.33. The summed E-state index contributed by atoms with van der Waals surface area (Å²) in [4.78, 5) is 20.9. The maximum absolute atomic E-state index is 14.0. The molecule has 1 unspecified atom stereocenters. The first-order chi connectivity index (χ1) is 16.6. The Bertz CT molecular complexity index is 974. The molecule has 0 aliphatic carbocycles. The molecule has 0 rings (SSSR count). The smallest absolute Gasteiger partial charge is 0.467 e. The van der Waals surface area contributed by atoms with Crippen LogP contribution in [0.1, 0.15) is 0 Å². The van der Waals surface area contributed by atoms with Crippen molar-refractivity contribution in [1.82, 2.24) is 0 Å². The lowest BCUT2D eigenvalue weighted by molar-refractivity contribution is -0.484. The Morgan fingerprint density at radius 3 is 0.974 bits per heavy atom. The molecule has 0 saturated heterocycles. The van der Waals surface area contributed by atoms with Crippen molar-refractivity contribution in [3.63, 3.8) is 0 Å². The van der Waals surface area contributed by atoms with Crippen LogP contribution in [0.15, 0.2) is 12.2 Å². The van der Waals surface area contributed by atoms with Crippen molar-refractivity contribution < 1.29 is 112 Å². The summed E-state index contributed by atoms with van der Waals surface area (Å²) in [5.41, 5.74) is 0. The monoisotopic (exact) mass is 634 g/mol. The fourth-order valence-electron chi connectivity index (χ4n) is 1.98. The molecule has 0 radical (unpaired) electrons. The zero-order valence-electron chi connectivity index (χ0n) is 16.8. The van der Waals surface area contributed by atoms with Crippen molar-refractivity contribution in [2.24, 2.45) is 0 Å². The maximum atomic E-state index is 14.0. The van der Waals surface area contributed by atoms with E-state index in [2.05, 4.69) is 4.74 Å². The lowest BCUT2D eigenvalue weighted by Crippen LogP contribution is -2.77. The first-order valence-corrected chi connectivity index (χ1v) is 8.17. The van der Waals surface area contributed by atoms with Gasteiger partial charge in [0.2, 0.25) is 0 Å².